The summed E-state index contributed by atoms with van der Waals surface area (Å²) in [7, 11) is 1.50. The van der Waals surface area contributed by atoms with Gasteiger partial charge >= 0.3 is 5.97 Å². The Hall–Kier alpha value is -1.23. The van der Waals surface area contributed by atoms with Gasteiger partial charge in [-0.25, -0.2) is 0 Å². The normalized spacial score (nSPS) is 10.2. The third-order valence-electron chi connectivity index (χ3n) is 2.65. The lowest BCUT2D eigenvalue weighted by Gasteiger charge is -2.07. The summed E-state index contributed by atoms with van der Waals surface area (Å²) in [6, 6.07) is 5.07. The highest BCUT2D eigenvalue weighted by Crippen LogP contribution is 2.26. The summed E-state index contributed by atoms with van der Waals surface area (Å²) in [6.45, 7) is 0.476. The van der Waals surface area contributed by atoms with Crippen LogP contribution < -0.4 is 4.74 Å². The molecule has 0 amide bonds. The van der Waals surface area contributed by atoms with E-state index < -0.39 is 0 Å². The molecule has 0 atom stereocenters. The van der Waals surface area contributed by atoms with Crippen LogP contribution in [0.15, 0.2) is 18.2 Å². The van der Waals surface area contributed by atoms with Gasteiger partial charge in [-0.1, -0.05) is 22.0 Å². The zero-order valence-corrected chi connectivity index (χ0v) is 12.6. The third-order valence-corrected chi connectivity index (χ3v) is 3.21. The average Bonchev–Trinajstić information content (AvgIpc) is 2.42. The average molecular weight is 331 g/mol. The lowest BCUT2D eigenvalue weighted by atomic mass is 10.1. The molecule has 1 aromatic carbocycles. The van der Waals surface area contributed by atoms with Crippen LogP contribution in [0.3, 0.4) is 0 Å². The van der Waals surface area contributed by atoms with E-state index in [1.807, 2.05) is 0 Å². The highest BCUT2D eigenvalue weighted by molar-refractivity contribution is 9.09. The number of alkyl halides is 1. The van der Waals surface area contributed by atoms with Crippen LogP contribution in [-0.2, 0) is 16.0 Å². The van der Waals surface area contributed by atoms with Gasteiger partial charge in [0.1, 0.15) is 0 Å². The summed E-state index contributed by atoms with van der Waals surface area (Å²) in [5, 5.41) is 10.4. The number of benzene rings is 1. The fourth-order valence-corrected chi connectivity index (χ4v) is 1.98. The first kappa shape index (κ1) is 15.8. The van der Waals surface area contributed by atoms with Gasteiger partial charge in [-0.15, -0.1) is 0 Å². The van der Waals surface area contributed by atoms with Crippen LogP contribution in [-0.4, -0.2) is 30.1 Å². The maximum Gasteiger partial charge on any atom is 0.306 e. The minimum absolute atomic E-state index is 0.101. The molecule has 1 rings (SSSR count). The monoisotopic (exact) mass is 330 g/mol. The molecule has 0 radical (unpaired) electrons. The van der Waals surface area contributed by atoms with Crippen LogP contribution >= 0.6 is 15.9 Å². The van der Waals surface area contributed by atoms with Crippen LogP contribution in [0, 0.1) is 0 Å². The number of hydrogen-bond acceptors (Lipinski definition) is 4. The number of unbranched alkanes of at least 4 members (excludes halogenated alkanes) is 1. The van der Waals surface area contributed by atoms with Crippen molar-refractivity contribution in [2.45, 2.75) is 25.7 Å². The molecule has 0 aliphatic heterocycles. The Morgan fingerprint density at radius 3 is 2.84 bits per heavy atom. The van der Waals surface area contributed by atoms with Crippen LogP contribution in [0.1, 0.15) is 24.8 Å². The van der Waals surface area contributed by atoms with Crippen molar-refractivity contribution in [2.24, 2.45) is 0 Å². The summed E-state index contributed by atoms with van der Waals surface area (Å²) >= 11 is 3.32. The fourth-order valence-electron chi connectivity index (χ4n) is 1.58. The standard InChI is InChI=1S/C14H19BrO4/c1-18-13-10-11(4-6-12(13)16)5-7-14(17)19-9-3-2-8-15/h4,6,10,16H,2-3,5,7-9H2,1H3. The van der Waals surface area contributed by atoms with Crippen LogP contribution in [0.2, 0.25) is 0 Å². The number of methoxy groups -OCH3 is 1. The van der Waals surface area contributed by atoms with Gasteiger partial charge in [0, 0.05) is 11.8 Å². The predicted molar refractivity (Wildman–Crippen MR) is 77.0 cm³/mol. The van der Waals surface area contributed by atoms with Crippen molar-refractivity contribution in [3.63, 3.8) is 0 Å². The van der Waals surface area contributed by atoms with Crippen molar-refractivity contribution in [2.75, 3.05) is 19.0 Å². The van der Waals surface area contributed by atoms with Gasteiger partial charge in [0.15, 0.2) is 11.5 Å². The Labute approximate surface area is 121 Å². The number of ether oxygens (including phenoxy) is 2. The molecular formula is C14H19BrO4. The first-order chi connectivity index (χ1) is 9.17. The molecule has 0 spiro atoms. The van der Waals surface area contributed by atoms with E-state index in [9.17, 15) is 9.90 Å². The molecule has 0 saturated carbocycles. The fraction of sp³-hybridized carbons (Fsp3) is 0.500. The number of rotatable bonds is 8. The smallest absolute Gasteiger partial charge is 0.306 e. The van der Waals surface area contributed by atoms with E-state index in [1.54, 1.807) is 18.2 Å². The van der Waals surface area contributed by atoms with Crippen molar-refractivity contribution >= 4 is 21.9 Å². The number of phenolic OH excluding ortho intramolecular Hbond substituents is 1. The first-order valence-electron chi connectivity index (χ1n) is 6.25. The van der Waals surface area contributed by atoms with E-state index in [2.05, 4.69) is 15.9 Å². The SMILES string of the molecule is COc1cc(CCC(=O)OCCCCBr)ccc1O. The van der Waals surface area contributed by atoms with Gasteiger partial charge in [-0.2, -0.15) is 0 Å². The molecule has 0 aliphatic rings. The number of hydrogen-bond donors (Lipinski definition) is 1. The number of phenols is 1. The van der Waals surface area contributed by atoms with E-state index >= 15 is 0 Å². The largest absolute Gasteiger partial charge is 0.504 e. The van der Waals surface area contributed by atoms with Gasteiger partial charge < -0.3 is 14.6 Å². The minimum atomic E-state index is -0.193. The minimum Gasteiger partial charge on any atom is -0.504 e. The molecule has 0 aliphatic carbocycles. The summed E-state index contributed by atoms with van der Waals surface area (Å²) < 4.78 is 10.1. The molecule has 0 fully saturated rings. The number of aryl methyl sites for hydroxylation is 1. The van der Waals surface area contributed by atoms with Gasteiger partial charge in [0.25, 0.3) is 0 Å². The molecule has 0 heterocycles. The first-order valence-corrected chi connectivity index (χ1v) is 7.37. The molecule has 5 heteroatoms. The van der Waals surface area contributed by atoms with Crippen LogP contribution in [0.25, 0.3) is 0 Å². The van der Waals surface area contributed by atoms with Gasteiger partial charge in [0.05, 0.1) is 13.7 Å². The van der Waals surface area contributed by atoms with Crippen LogP contribution in [0.4, 0.5) is 0 Å². The molecule has 106 valence electrons. The van der Waals surface area contributed by atoms with E-state index in [0.717, 1.165) is 23.7 Å². The topological polar surface area (TPSA) is 55.8 Å². The number of esters is 1. The number of halogens is 1. The molecule has 0 unspecified atom stereocenters. The second-order valence-electron chi connectivity index (χ2n) is 4.12. The van der Waals surface area contributed by atoms with Crippen molar-refractivity contribution in [3.05, 3.63) is 23.8 Å². The Balaban J connectivity index is 2.33. The van der Waals surface area contributed by atoms with Crippen LogP contribution in [0.5, 0.6) is 11.5 Å². The molecule has 4 nitrogen and oxygen atoms in total. The molecule has 19 heavy (non-hydrogen) atoms. The van der Waals surface area contributed by atoms with E-state index in [0.29, 0.717) is 25.2 Å². The maximum absolute atomic E-state index is 11.5. The number of aromatic hydroxyl groups is 1. The Kier molecular flexibility index (Phi) is 7.33. The van der Waals surface area contributed by atoms with Crippen molar-refractivity contribution < 1.29 is 19.4 Å². The lowest BCUT2D eigenvalue weighted by molar-refractivity contribution is -0.143. The molecule has 1 N–H and O–H groups in total. The second-order valence-corrected chi connectivity index (χ2v) is 4.92. The van der Waals surface area contributed by atoms with E-state index in [1.165, 1.54) is 7.11 Å². The molecule has 0 saturated heterocycles. The van der Waals surface area contributed by atoms with Gasteiger partial charge in [0.2, 0.25) is 0 Å². The third kappa shape index (κ3) is 5.96. The zero-order valence-electron chi connectivity index (χ0n) is 11.0. The highest BCUT2D eigenvalue weighted by Gasteiger charge is 2.06. The number of carbonyl (C=O) groups excluding carboxylic acids is 1. The molecule has 1 aromatic rings. The quantitative estimate of drug-likeness (QED) is 0.452. The molecule has 0 aromatic heterocycles. The Morgan fingerprint density at radius 2 is 2.16 bits per heavy atom. The summed E-state index contributed by atoms with van der Waals surface area (Å²) in [6.07, 6.45) is 2.79. The van der Waals surface area contributed by atoms with E-state index in [-0.39, 0.29) is 11.7 Å². The lowest BCUT2D eigenvalue weighted by Crippen LogP contribution is -2.07. The Morgan fingerprint density at radius 1 is 1.37 bits per heavy atom. The molecule has 0 bridgehead atoms. The number of carbonyl (C=O) groups is 1. The maximum atomic E-state index is 11.5. The molecular weight excluding hydrogens is 312 g/mol. The summed E-state index contributed by atoms with van der Waals surface area (Å²) in [4.78, 5) is 11.5. The van der Waals surface area contributed by atoms with Crippen molar-refractivity contribution in [1.29, 1.82) is 0 Å². The summed E-state index contributed by atoms with van der Waals surface area (Å²) in [5.74, 6) is 0.327. The predicted octanol–water partition coefficient (Wildman–Crippen LogP) is 3.05. The second kappa shape index (κ2) is 8.80. The Bertz CT molecular complexity index is 406. The van der Waals surface area contributed by atoms with E-state index in [4.69, 9.17) is 9.47 Å². The van der Waals surface area contributed by atoms with Crippen molar-refractivity contribution in [3.8, 4) is 11.5 Å². The highest BCUT2D eigenvalue weighted by atomic mass is 79.9. The van der Waals surface area contributed by atoms with Gasteiger partial charge in [-0.3, -0.25) is 4.79 Å². The summed E-state index contributed by atoms with van der Waals surface area (Å²) in [5.41, 5.74) is 0.937. The zero-order chi connectivity index (χ0) is 14.1. The van der Waals surface area contributed by atoms with Crippen molar-refractivity contribution in [1.82, 2.24) is 0 Å². The van der Waals surface area contributed by atoms with Gasteiger partial charge in [-0.05, 0) is 37.0 Å².